The SMILES string of the molecule is N#Cc1ccc(-n2c3ccccc3c3c4ccc(-c5ccc6c(c5)c5ccccc5n6-c5c(-n6c7ccc8ccccc8c7c7c8ccccc8ccc76)ccc(C#N)c5C#N)cc4ccc32)c(-n2c3ccccc3c3ccccc32)c1C#N. The molecule has 0 fully saturated rings. The van der Waals surface area contributed by atoms with E-state index in [1.807, 2.05) is 42.5 Å². The van der Waals surface area contributed by atoms with E-state index in [0.717, 1.165) is 142 Å². The number of nitriles is 4. The van der Waals surface area contributed by atoms with Crippen molar-refractivity contribution in [3.63, 3.8) is 0 Å². The highest BCUT2D eigenvalue weighted by atomic mass is 15.1. The van der Waals surface area contributed by atoms with E-state index in [0.29, 0.717) is 33.6 Å². The number of hydrogen-bond donors (Lipinski definition) is 0. The molecule has 0 spiro atoms. The second-order valence-corrected chi connectivity index (χ2v) is 21.6. The Hall–Kier alpha value is -12.2. The van der Waals surface area contributed by atoms with E-state index < -0.39 is 0 Å². The highest BCUT2D eigenvalue weighted by Gasteiger charge is 2.28. The molecule has 0 N–H and O–H groups in total. The Morgan fingerprint density at radius 3 is 1.12 bits per heavy atom. The summed E-state index contributed by atoms with van der Waals surface area (Å²) in [6, 6.07) is 93.9. The van der Waals surface area contributed by atoms with Crippen LogP contribution in [-0.4, -0.2) is 18.3 Å². The second kappa shape index (κ2) is 17.6. The van der Waals surface area contributed by atoms with Crippen molar-refractivity contribution in [2.75, 3.05) is 0 Å². The van der Waals surface area contributed by atoms with E-state index in [4.69, 9.17) is 0 Å². The van der Waals surface area contributed by atoms with Crippen LogP contribution in [0.5, 0.6) is 0 Å². The van der Waals surface area contributed by atoms with Crippen molar-refractivity contribution in [3.05, 3.63) is 265 Å². The summed E-state index contributed by atoms with van der Waals surface area (Å²) in [4.78, 5) is 0. The van der Waals surface area contributed by atoms with Gasteiger partial charge in [0.05, 0.1) is 89.1 Å². The Balaban J connectivity index is 0.866. The van der Waals surface area contributed by atoms with Crippen molar-refractivity contribution in [1.82, 2.24) is 18.3 Å². The van der Waals surface area contributed by atoms with Crippen LogP contribution in [0, 0.1) is 45.3 Å². The van der Waals surface area contributed by atoms with Crippen LogP contribution in [0.2, 0.25) is 0 Å². The third kappa shape index (κ3) is 6.31. The van der Waals surface area contributed by atoms with E-state index >= 15 is 0 Å². The smallest absolute Gasteiger partial charge is 0.103 e. The normalized spacial score (nSPS) is 11.8. The zero-order valence-electron chi connectivity index (χ0n) is 44.7. The Morgan fingerprint density at radius 1 is 0.238 bits per heavy atom. The monoisotopic (exact) mass is 1060 g/mol. The van der Waals surface area contributed by atoms with E-state index in [1.165, 1.54) is 0 Å². The van der Waals surface area contributed by atoms with Crippen LogP contribution in [0.3, 0.4) is 0 Å². The molecule has 0 bridgehead atoms. The van der Waals surface area contributed by atoms with Crippen LogP contribution in [0.15, 0.2) is 243 Å². The van der Waals surface area contributed by atoms with Crippen molar-refractivity contribution in [2.24, 2.45) is 0 Å². The summed E-state index contributed by atoms with van der Waals surface area (Å²) in [6.07, 6.45) is 0. The van der Waals surface area contributed by atoms with Gasteiger partial charge in [-0.3, -0.25) is 0 Å². The molecule has 0 saturated carbocycles. The summed E-state index contributed by atoms with van der Waals surface area (Å²) in [5, 5.41) is 58.7. The predicted octanol–water partition coefficient (Wildman–Crippen LogP) is 18.7. The molecule has 0 amide bonds. The molecule has 17 aromatic rings. The number of nitrogens with zero attached hydrogens (tertiary/aromatic N) is 8. The molecule has 0 aliphatic rings. The molecule has 4 heterocycles. The van der Waals surface area contributed by atoms with E-state index in [-0.39, 0.29) is 0 Å². The molecular formula is C76H40N8. The Bertz CT molecular complexity index is 5850. The Kier molecular flexibility index (Phi) is 9.81. The fourth-order valence-corrected chi connectivity index (χ4v) is 14.0. The van der Waals surface area contributed by atoms with Gasteiger partial charge < -0.3 is 18.3 Å². The summed E-state index contributed by atoms with van der Waals surface area (Å²) in [6.45, 7) is 0. The van der Waals surface area contributed by atoms with Gasteiger partial charge >= 0.3 is 0 Å². The molecule has 0 saturated heterocycles. The maximum atomic E-state index is 11.3. The van der Waals surface area contributed by atoms with Gasteiger partial charge in [-0.2, -0.15) is 21.0 Å². The van der Waals surface area contributed by atoms with Crippen molar-refractivity contribution < 1.29 is 0 Å². The molecule has 0 radical (unpaired) electrons. The van der Waals surface area contributed by atoms with E-state index in [1.54, 1.807) is 12.1 Å². The summed E-state index contributed by atoms with van der Waals surface area (Å²) < 4.78 is 8.89. The van der Waals surface area contributed by atoms with E-state index in [2.05, 4.69) is 231 Å². The molecule has 4 aromatic heterocycles. The highest BCUT2D eigenvalue weighted by Crippen LogP contribution is 2.46. The third-order valence-corrected chi connectivity index (χ3v) is 17.5. The minimum absolute atomic E-state index is 0.299. The number of aromatic nitrogens is 4. The third-order valence-electron chi connectivity index (χ3n) is 17.5. The maximum absolute atomic E-state index is 11.3. The lowest BCUT2D eigenvalue weighted by molar-refractivity contribution is 1.08. The fraction of sp³-hybridized carbons (Fsp3) is 0. The van der Waals surface area contributed by atoms with Crippen molar-refractivity contribution in [1.29, 1.82) is 21.0 Å². The Morgan fingerprint density at radius 2 is 0.607 bits per heavy atom. The lowest BCUT2D eigenvalue weighted by Gasteiger charge is -2.19. The van der Waals surface area contributed by atoms with Gasteiger partial charge in [0.2, 0.25) is 0 Å². The first kappa shape index (κ1) is 46.7. The summed E-state index contributed by atoms with van der Waals surface area (Å²) in [5.41, 5.74) is 13.8. The van der Waals surface area contributed by atoms with Crippen molar-refractivity contribution in [3.8, 4) is 58.2 Å². The predicted molar refractivity (Wildman–Crippen MR) is 341 cm³/mol. The van der Waals surface area contributed by atoms with Crippen molar-refractivity contribution in [2.45, 2.75) is 0 Å². The molecule has 13 aromatic carbocycles. The number of benzene rings is 13. The Labute approximate surface area is 479 Å². The zero-order chi connectivity index (χ0) is 55.9. The van der Waals surface area contributed by atoms with Crippen molar-refractivity contribution >= 4 is 120 Å². The molecule has 8 nitrogen and oxygen atoms in total. The van der Waals surface area contributed by atoms with Crippen LogP contribution in [0.4, 0.5) is 0 Å². The molecule has 0 aliphatic heterocycles. The molecule has 8 heteroatoms. The van der Waals surface area contributed by atoms with Crippen LogP contribution < -0.4 is 0 Å². The minimum Gasteiger partial charge on any atom is -0.307 e. The van der Waals surface area contributed by atoms with Gasteiger partial charge in [-0.25, -0.2) is 0 Å². The topological polar surface area (TPSA) is 115 Å². The molecule has 0 aliphatic carbocycles. The standard InChI is InChI=1S/C76H40N8/c77-41-50-30-37-70(75(60(50)43-79)83-62-21-9-5-17-55(62)56-18-6-10-22-63(56)83)81-65-24-12-8-20-58(65)72-54-32-25-47(39-49(54)29-36-67(72)81)48-28-33-66-59(40-48)57-19-7-11-23-64(57)84(66)76-61(44-80)51(42-78)31-38-71(76)82-68-34-26-45-13-1-3-15-52(45)73(68)74-53-16-4-2-14-46(53)27-35-69(74)82/h1-40H. The van der Waals surface area contributed by atoms with Gasteiger partial charge in [0.25, 0.3) is 0 Å². The summed E-state index contributed by atoms with van der Waals surface area (Å²) in [5.74, 6) is 0. The highest BCUT2D eigenvalue weighted by molar-refractivity contribution is 6.29. The molecule has 84 heavy (non-hydrogen) atoms. The second-order valence-electron chi connectivity index (χ2n) is 21.6. The summed E-state index contributed by atoms with van der Waals surface area (Å²) >= 11 is 0. The molecule has 0 atom stereocenters. The molecule has 17 rings (SSSR count). The molecular weight excluding hydrogens is 1020 g/mol. The van der Waals surface area contributed by atoms with E-state index in [9.17, 15) is 21.0 Å². The lowest BCUT2D eigenvalue weighted by atomic mass is 9.97. The zero-order valence-corrected chi connectivity index (χ0v) is 44.7. The van der Waals surface area contributed by atoms with Gasteiger partial charge in [0.1, 0.15) is 24.3 Å². The summed E-state index contributed by atoms with van der Waals surface area (Å²) in [7, 11) is 0. The molecule has 384 valence electrons. The lowest BCUT2D eigenvalue weighted by Crippen LogP contribution is -2.07. The van der Waals surface area contributed by atoms with Gasteiger partial charge in [0, 0.05) is 43.1 Å². The quantitative estimate of drug-likeness (QED) is 0.171. The van der Waals surface area contributed by atoms with Crippen LogP contribution in [0.1, 0.15) is 22.3 Å². The first-order valence-corrected chi connectivity index (χ1v) is 27.8. The largest absolute Gasteiger partial charge is 0.307 e. The molecule has 0 unspecified atom stereocenters. The first-order valence-electron chi connectivity index (χ1n) is 27.8. The van der Waals surface area contributed by atoms with Gasteiger partial charge in [-0.15, -0.1) is 0 Å². The van der Waals surface area contributed by atoms with Gasteiger partial charge in [-0.05, 0) is 128 Å². The van der Waals surface area contributed by atoms with Gasteiger partial charge in [-0.1, -0.05) is 158 Å². The van der Waals surface area contributed by atoms with Gasteiger partial charge in [0.15, 0.2) is 0 Å². The number of para-hydroxylation sites is 4. The maximum Gasteiger partial charge on any atom is 0.103 e. The number of hydrogen-bond acceptors (Lipinski definition) is 4. The number of fused-ring (bicyclic) bond motifs is 18. The van der Waals surface area contributed by atoms with Crippen LogP contribution in [0.25, 0.3) is 153 Å². The van der Waals surface area contributed by atoms with Crippen LogP contribution in [-0.2, 0) is 0 Å². The first-order chi connectivity index (χ1) is 41.5. The van der Waals surface area contributed by atoms with Crippen LogP contribution >= 0.6 is 0 Å². The average Bonchev–Trinajstić information content (AvgIpc) is 3.41. The average molecular weight is 1070 g/mol. The minimum atomic E-state index is 0.299. The fourth-order valence-electron chi connectivity index (χ4n) is 14.0. The number of rotatable bonds is 5.